The Morgan fingerprint density at radius 3 is 2.59 bits per heavy atom. The molecule has 2 aliphatic rings. The Morgan fingerprint density at radius 1 is 1.15 bits per heavy atom. The third-order valence-corrected chi connectivity index (χ3v) is 9.44. The summed E-state index contributed by atoms with van der Waals surface area (Å²) in [6.45, 7) is 4.13. The molecule has 0 saturated carbocycles. The quantitative estimate of drug-likeness (QED) is 0.429. The molecule has 0 unspecified atom stereocenters. The number of likely N-dealkylation sites (N-methyl/N-ethyl adjacent to an activating group) is 1. The number of nitrogens with zero attached hydrogens (tertiary/aromatic N) is 4. The second-order valence-electron chi connectivity index (χ2n) is 9.73. The summed E-state index contributed by atoms with van der Waals surface area (Å²) in [7, 11) is -1.68. The van der Waals surface area contributed by atoms with E-state index in [0.29, 0.717) is 48.1 Å². The summed E-state index contributed by atoms with van der Waals surface area (Å²) in [5.41, 5.74) is 1.23. The number of alkyl halides is 3. The number of anilines is 2. The van der Waals surface area contributed by atoms with Crippen molar-refractivity contribution in [2.75, 3.05) is 51.5 Å². The van der Waals surface area contributed by atoms with Crippen LogP contribution in [0.15, 0.2) is 29.3 Å². The van der Waals surface area contributed by atoms with Gasteiger partial charge in [-0.05, 0) is 42.8 Å². The van der Waals surface area contributed by atoms with Crippen LogP contribution in [0, 0.1) is 0 Å². The molecular weight excluding hydrogens is 575 g/mol. The van der Waals surface area contributed by atoms with Crippen molar-refractivity contribution in [2.24, 2.45) is 0 Å². The first-order valence-corrected chi connectivity index (χ1v) is 15.3. The number of morpholine rings is 1. The van der Waals surface area contributed by atoms with Crippen LogP contribution in [0.25, 0.3) is 10.6 Å². The number of sulfone groups is 1. The lowest BCUT2D eigenvalue weighted by Crippen LogP contribution is -2.35. The molecule has 0 radical (unpaired) electrons. The summed E-state index contributed by atoms with van der Waals surface area (Å²) in [5.74, 6) is -0.0724. The van der Waals surface area contributed by atoms with Crippen LogP contribution in [0.2, 0.25) is 5.02 Å². The zero-order valence-electron chi connectivity index (χ0n) is 21.3. The van der Waals surface area contributed by atoms with E-state index in [2.05, 4.69) is 20.2 Å². The van der Waals surface area contributed by atoms with E-state index in [1.807, 2.05) is 24.1 Å². The molecular formula is C25H27ClF3N5O3S2. The van der Waals surface area contributed by atoms with Crippen LogP contribution in [0.5, 0.6) is 0 Å². The van der Waals surface area contributed by atoms with Gasteiger partial charge in [0.05, 0.1) is 39.4 Å². The van der Waals surface area contributed by atoms with Crippen molar-refractivity contribution < 1.29 is 26.3 Å². The standard InChI is InChI=1S/C25H27ClF3N5O3S2/c1-33-4-3-15-10-19(18(26)9-16(15)13-33)31-24-30-12-17(25(27,28)29)23(32-24)20-11-22(39(2,35)36)21(38-20)14-34-5-7-37-8-6-34/h9-12H,3-8,13-14H2,1-2H3,(H,30,31,32). The highest BCUT2D eigenvalue weighted by Gasteiger charge is 2.37. The fourth-order valence-electron chi connectivity index (χ4n) is 4.69. The SMILES string of the molecule is CN1CCc2cc(Nc3ncc(C(F)(F)F)c(-c4cc(S(C)(=O)=O)c(CN5CCOCC5)s4)n3)c(Cl)cc2C1. The number of hydrogen-bond acceptors (Lipinski definition) is 9. The van der Waals surface area contributed by atoms with Crippen LogP contribution in [0.3, 0.4) is 0 Å². The van der Waals surface area contributed by atoms with Gasteiger partial charge < -0.3 is 15.0 Å². The Bertz CT molecular complexity index is 1490. The molecule has 1 fully saturated rings. The van der Waals surface area contributed by atoms with Crippen molar-refractivity contribution in [1.82, 2.24) is 19.8 Å². The smallest absolute Gasteiger partial charge is 0.379 e. The van der Waals surface area contributed by atoms with Gasteiger partial charge in [0.25, 0.3) is 0 Å². The van der Waals surface area contributed by atoms with Crippen LogP contribution in [-0.2, 0) is 40.3 Å². The highest BCUT2D eigenvalue weighted by atomic mass is 35.5. The van der Waals surface area contributed by atoms with Gasteiger partial charge in [0, 0.05) is 50.1 Å². The lowest BCUT2D eigenvalue weighted by atomic mass is 9.99. The van der Waals surface area contributed by atoms with Crippen LogP contribution < -0.4 is 5.32 Å². The minimum Gasteiger partial charge on any atom is -0.379 e. The van der Waals surface area contributed by atoms with Crippen molar-refractivity contribution in [3.63, 3.8) is 0 Å². The molecule has 0 atom stereocenters. The molecule has 4 heterocycles. The van der Waals surface area contributed by atoms with Gasteiger partial charge in [-0.15, -0.1) is 11.3 Å². The molecule has 1 aromatic carbocycles. The molecule has 1 saturated heterocycles. The molecule has 2 aromatic heterocycles. The molecule has 0 bridgehead atoms. The van der Waals surface area contributed by atoms with Gasteiger partial charge in [0.15, 0.2) is 9.84 Å². The monoisotopic (exact) mass is 601 g/mol. The highest BCUT2D eigenvalue weighted by molar-refractivity contribution is 7.91. The van der Waals surface area contributed by atoms with Crippen LogP contribution >= 0.6 is 22.9 Å². The van der Waals surface area contributed by atoms with Crippen LogP contribution in [0.4, 0.5) is 24.8 Å². The van der Waals surface area contributed by atoms with E-state index in [-0.39, 0.29) is 28.0 Å². The fourth-order valence-corrected chi connectivity index (χ4v) is 7.49. The number of fused-ring (bicyclic) bond motifs is 1. The largest absolute Gasteiger partial charge is 0.420 e. The summed E-state index contributed by atoms with van der Waals surface area (Å²) < 4.78 is 72.6. The van der Waals surface area contributed by atoms with E-state index < -0.39 is 21.6 Å². The first-order chi connectivity index (χ1) is 18.4. The first-order valence-electron chi connectivity index (χ1n) is 12.2. The normalized spacial score (nSPS) is 17.3. The lowest BCUT2D eigenvalue weighted by Gasteiger charge is -2.26. The number of hydrogen-bond donors (Lipinski definition) is 1. The number of rotatable bonds is 6. The summed E-state index contributed by atoms with van der Waals surface area (Å²) in [6, 6.07) is 4.99. The van der Waals surface area contributed by atoms with Gasteiger partial charge in [0.2, 0.25) is 5.95 Å². The Morgan fingerprint density at radius 2 is 1.90 bits per heavy atom. The molecule has 0 spiro atoms. The highest BCUT2D eigenvalue weighted by Crippen LogP contribution is 2.41. The minimum atomic E-state index is -4.75. The summed E-state index contributed by atoms with van der Waals surface area (Å²) >= 11 is 7.48. The summed E-state index contributed by atoms with van der Waals surface area (Å²) in [6.07, 6.45) is -2.17. The summed E-state index contributed by atoms with van der Waals surface area (Å²) in [4.78, 5) is 12.9. The molecule has 210 valence electrons. The van der Waals surface area contributed by atoms with E-state index in [1.54, 1.807) is 0 Å². The maximum Gasteiger partial charge on any atom is 0.420 e. The average Bonchev–Trinajstić information content (AvgIpc) is 3.29. The Labute approximate surface area is 233 Å². The zero-order chi connectivity index (χ0) is 27.9. The zero-order valence-corrected chi connectivity index (χ0v) is 23.7. The Hall–Kier alpha value is -2.29. The van der Waals surface area contributed by atoms with Crippen LogP contribution in [-0.4, -0.2) is 74.3 Å². The molecule has 39 heavy (non-hydrogen) atoms. The van der Waals surface area contributed by atoms with E-state index in [4.69, 9.17) is 16.3 Å². The second kappa shape index (κ2) is 10.9. The predicted molar refractivity (Wildman–Crippen MR) is 144 cm³/mol. The lowest BCUT2D eigenvalue weighted by molar-refractivity contribution is -0.137. The molecule has 5 rings (SSSR count). The molecule has 2 aliphatic heterocycles. The van der Waals surface area contributed by atoms with Crippen molar-refractivity contribution in [3.8, 4) is 10.6 Å². The molecule has 8 nitrogen and oxygen atoms in total. The second-order valence-corrected chi connectivity index (χ2v) is 13.3. The van der Waals surface area contributed by atoms with Gasteiger partial charge in [0.1, 0.15) is 5.56 Å². The van der Waals surface area contributed by atoms with Gasteiger partial charge in [-0.1, -0.05) is 11.6 Å². The maximum atomic E-state index is 14.0. The molecule has 0 amide bonds. The third kappa shape index (κ3) is 6.39. The van der Waals surface area contributed by atoms with E-state index in [9.17, 15) is 21.6 Å². The Kier molecular flexibility index (Phi) is 7.92. The molecule has 3 aromatic rings. The predicted octanol–water partition coefficient (Wildman–Crippen LogP) is 4.84. The van der Waals surface area contributed by atoms with Gasteiger partial charge in [-0.2, -0.15) is 13.2 Å². The van der Waals surface area contributed by atoms with Crippen molar-refractivity contribution in [2.45, 2.75) is 30.6 Å². The minimum absolute atomic E-state index is 0.00191. The maximum absolute atomic E-state index is 14.0. The van der Waals surface area contributed by atoms with Crippen molar-refractivity contribution >= 4 is 44.4 Å². The fraction of sp³-hybridized carbons (Fsp3) is 0.440. The van der Waals surface area contributed by atoms with E-state index >= 15 is 0 Å². The Balaban J connectivity index is 1.54. The number of aromatic nitrogens is 2. The average molecular weight is 602 g/mol. The number of ether oxygens (including phenoxy) is 1. The van der Waals surface area contributed by atoms with E-state index in [0.717, 1.165) is 48.2 Å². The number of nitrogens with one attached hydrogen (secondary N) is 1. The molecule has 14 heteroatoms. The number of benzene rings is 1. The first kappa shape index (κ1) is 28.2. The molecule has 0 aliphatic carbocycles. The van der Waals surface area contributed by atoms with Gasteiger partial charge >= 0.3 is 6.18 Å². The summed E-state index contributed by atoms with van der Waals surface area (Å²) in [5, 5.41) is 3.37. The van der Waals surface area contributed by atoms with E-state index in [1.165, 1.54) is 6.07 Å². The van der Waals surface area contributed by atoms with Gasteiger partial charge in [-0.3, -0.25) is 4.90 Å². The van der Waals surface area contributed by atoms with Crippen molar-refractivity contribution in [3.05, 3.63) is 51.0 Å². The third-order valence-electron chi connectivity index (χ3n) is 6.71. The van der Waals surface area contributed by atoms with Crippen LogP contribution in [0.1, 0.15) is 21.6 Å². The number of halogens is 4. The number of thiophene rings is 1. The topological polar surface area (TPSA) is 87.7 Å². The van der Waals surface area contributed by atoms with Gasteiger partial charge in [-0.25, -0.2) is 18.4 Å². The van der Waals surface area contributed by atoms with Crippen molar-refractivity contribution in [1.29, 1.82) is 0 Å². The molecule has 1 N–H and O–H groups in total.